The smallest absolute Gasteiger partial charge is 0.365 e. The van der Waals surface area contributed by atoms with Gasteiger partial charge in [-0.3, -0.25) is 0 Å². The summed E-state index contributed by atoms with van der Waals surface area (Å²) in [7, 11) is 1.34. The molecule has 102 valence electrons. The average Bonchev–Trinajstić information content (AvgIpc) is 2.23. The maximum Gasteiger partial charge on any atom is 0.405 e. The van der Waals surface area contributed by atoms with Gasteiger partial charge in [-0.2, -0.15) is 13.2 Å². The topological polar surface area (TPSA) is 15.3 Å². The van der Waals surface area contributed by atoms with E-state index in [0.717, 1.165) is 11.0 Å². The van der Waals surface area contributed by atoms with Crippen LogP contribution in [0.2, 0.25) is 0 Å². The van der Waals surface area contributed by atoms with Crippen LogP contribution < -0.4 is 10.2 Å². The molecule has 1 rings (SSSR count). The molecule has 1 aromatic rings. The van der Waals surface area contributed by atoms with E-state index in [4.69, 9.17) is 0 Å². The van der Waals surface area contributed by atoms with Crippen LogP contribution in [0.1, 0.15) is 12.5 Å². The first-order chi connectivity index (χ1) is 8.33. The van der Waals surface area contributed by atoms with Crippen LogP contribution in [0.25, 0.3) is 0 Å². The molecule has 0 spiro atoms. The van der Waals surface area contributed by atoms with Crippen molar-refractivity contribution < 1.29 is 17.6 Å². The number of alkyl halides is 3. The van der Waals surface area contributed by atoms with Gasteiger partial charge in [0.2, 0.25) is 0 Å². The summed E-state index contributed by atoms with van der Waals surface area (Å²) in [6.45, 7) is 1.82. The molecule has 6 heteroatoms. The molecule has 1 aromatic carbocycles. The molecule has 0 aliphatic heterocycles. The zero-order chi connectivity index (χ0) is 13.8. The number of anilines is 1. The van der Waals surface area contributed by atoms with Crippen LogP contribution >= 0.6 is 0 Å². The molecule has 0 heterocycles. The number of benzene rings is 1. The van der Waals surface area contributed by atoms with Crippen LogP contribution in [-0.4, -0.2) is 26.3 Å². The highest BCUT2D eigenvalue weighted by atomic mass is 19.4. The van der Waals surface area contributed by atoms with Crippen LogP contribution in [0, 0.1) is 5.82 Å². The molecule has 0 aliphatic carbocycles. The van der Waals surface area contributed by atoms with Gasteiger partial charge in [-0.15, -0.1) is 0 Å². The van der Waals surface area contributed by atoms with Crippen molar-refractivity contribution in [1.82, 2.24) is 5.32 Å². The van der Waals surface area contributed by atoms with E-state index in [-0.39, 0.29) is 0 Å². The monoisotopic (exact) mass is 264 g/mol. The summed E-state index contributed by atoms with van der Waals surface area (Å²) >= 11 is 0. The van der Waals surface area contributed by atoms with Gasteiger partial charge in [0.15, 0.2) is 0 Å². The van der Waals surface area contributed by atoms with Crippen LogP contribution in [0.5, 0.6) is 0 Å². The average molecular weight is 264 g/mol. The summed E-state index contributed by atoms with van der Waals surface area (Å²) in [5, 5.41) is 2.98. The molecule has 0 bridgehead atoms. The van der Waals surface area contributed by atoms with Gasteiger partial charge in [0.05, 0.1) is 0 Å². The zero-order valence-corrected chi connectivity index (χ0v) is 10.3. The molecular weight excluding hydrogens is 248 g/mol. The van der Waals surface area contributed by atoms with Gasteiger partial charge in [0, 0.05) is 19.3 Å². The summed E-state index contributed by atoms with van der Waals surface area (Å²) in [4.78, 5) is 1.08. The predicted molar refractivity (Wildman–Crippen MR) is 63.1 cm³/mol. The minimum absolute atomic E-state index is 0.339. The molecule has 18 heavy (non-hydrogen) atoms. The van der Waals surface area contributed by atoms with Crippen molar-refractivity contribution in [2.24, 2.45) is 0 Å². The van der Waals surface area contributed by atoms with Crippen molar-refractivity contribution in [1.29, 1.82) is 0 Å². The van der Waals surface area contributed by atoms with E-state index >= 15 is 0 Å². The molecule has 1 N–H and O–H groups in total. The Morgan fingerprint density at radius 3 is 2.50 bits per heavy atom. The Balaban J connectivity index is 2.92. The van der Waals surface area contributed by atoms with E-state index < -0.39 is 18.5 Å². The van der Waals surface area contributed by atoms with E-state index in [0.29, 0.717) is 24.3 Å². The predicted octanol–water partition coefficient (Wildman–Crippen LogP) is 2.93. The summed E-state index contributed by atoms with van der Waals surface area (Å²) in [5.74, 6) is -0.452. The normalized spacial score (nSPS) is 11.7. The Kier molecular flexibility index (Phi) is 4.95. The minimum Gasteiger partial charge on any atom is -0.365 e. The number of hydrogen-bond acceptors (Lipinski definition) is 2. The number of rotatable bonds is 5. The highest BCUT2D eigenvalue weighted by Gasteiger charge is 2.30. The first kappa shape index (κ1) is 14.8. The molecule has 0 saturated carbocycles. The third-order valence-corrected chi connectivity index (χ3v) is 2.43. The fourth-order valence-corrected chi connectivity index (χ4v) is 1.68. The van der Waals surface area contributed by atoms with E-state index in [1.165, 1.54) is 19.2 Å². The minimum atomic E-state index is -4.28. The van der Waals surface area contributed by atoms with E-state index in [9.17, 15) is 17.6 Å². The lowest BCUT2D eigenvalue weighted by atomic mass is 10.1. The molecule has 0 radical (unpaired) electrons. The summed E-state index contributed by atoms with van der Waals surface area (Å²) in [6, 6.07) is 3.79. The van der Waals surface area contributed by atoms with Crippen molar-refractivity contribution in [3.8, 4) is 0 Å². The van der Waals surface area contributed by atoms with Gasteiger partial charge in [0.25, 0.3) is 0 Å². The van der Waals surface area contributed by atoms with Crippen molar-refractivity contribution in [2.45, 2.75) is 19.6 Å². The molecule has 0 amide bonds. The third-order valence-electron chi connectivity index (χ3n) is 2.43. The molecule has 0 saturated heterocycles. The maximum absolute atomic E-state index is 13.1. The Bertz CT molecular complexity index is 390. The highest BCUT2D eigenvalue weighted by molar-refractivity contribution is 5.53. The van der Waals surface area contributed by atoms with Gasteiger partial charge >= 0.3 is 6.18 Å². The Morgan fingerprint density at radius 2 is 1.94 bits per heavy atom. The first-order valence-electron chi connectivity index (χ1n) is 5.60. The van der Waals surface area contributed by atoms with Gasteiger partial charge in [-0.1, -0.05) is 6.92 Å². The lowest BCUT2D eigenvalue weighted by Gasteiger charge is -2.23. The summed E-state index contributed by atoms with van der Waals surface area (Å²) in [6.07, 6.45) is -4.28. The molecular formula is C12H16F4N2. The van der Waals surface area contributed by atoms with E-state index in [1.807, 2.05) is 6.92 Å². The summed E-state index contributed by atoms with van der Waals surface area (Å²) in [5.41, 5.74) is 0.901. The molecule has 0 aliphatic rings. The Morgan fingerprint density at radius 1 is 1.28 bits per heavy atom. The van der Waals surface area contributed by atoms with Gasteiger partial charge < -0.3 is 10.2 Å². The molecule has 0 atom stereocenters. The van der Waals surface area contributed by atoms with E-state index in [2.05, 4.69) is 5.32 Å². The third kappa shape index (κ3) is 4.52. The first-order valence-corrected chi connectivity index (χ1v) is 5.60. The molecule has 0 fully saturated rings. The second-order valence-corrected chi connectivity index (χ2v) is 4.02. The van der Waals surface area contributed by atoms with Crippen LogP contribution in [0.3, 0.4) is 0 Å². The van der Waals surface area contributed by atoms with E-state index in [1.54, 1.807) is 0 Å². The van der Waals surface area contributed by atoms with Crippen LogP contribution in [0.4, 0.5) is 23.2 Å². The number of nitrogens with zero attached hydrogens (tertiary/aromatic N) is 1. The highest BCUT2D eigenvalue weighted by Crippen LogP contribution is 2.24. The number of hydrogen-bond donors (Lipinski definition) is 1. The SMILES string of the molecule is CCNCc1cc(F)ccc1N(C)CC(F)(F)F. The maximum atomic E-state index is 13.1. The molecule has 0 aromatic heterocycles. The quantitative estimate of drug-likeness (QED) is 0.823. The van der Waals surface area contributed by atoms with Crippen LogP contribution in [-0.2, 0) is 6.54 Å². The second kappa shape index (κ2) is 6.04. The lowest BCUT2D eigenvalue weighted by molar-refractivity contribution is -0.119. The van der Waals surface area contributed by atoms with Gasteiger partial charge in [-0.25, -0.2) is 4.39 Å². The fourth-order valence-electron chi connectivity index (χ4n) is 1.68. The second-order valence-electron chi connectivity index (χ2n) is 4.02. The fraction of sp³-hybridized carbons (Fsp3) is 0.500. The zero-order valence-electron chi connectivity index (χ0n) is 10.3. The van der Waals surface area contributed by atoms with Crippen molar-refractivity contribution >= 4 is 5.69 Å². The Hall–Kier alpha value is -1.30. The molecule has 0 unspecified atom stereocenters. The number of halogens is 4. The summed E-state index contributed by atoms with van der Waals surface area (Å²) < 4.78 is 50.1. The van der Waals surface area contributed by atoms with Crippen molar-refractivity contribution in [3.05, 3.63) is 29.6 Å². The lowest BCUT2D eigenvalue weighted by Crippen LogP contribution is -2.32. The largest absolute Gasteiger partial charge is 0.405 e. The number of nitrogens with one attached hydrogen (secondary N) is 1. The van der Waals surface area contributed by atoms with Crippen LogP contribution in [0.15, 0.2) is 18.2 Å². The standard InChI is InChI=1S/C12H16F4N2/c1-3-17-7-9-6-10(13)4-5-11(9)18(2)8-12(14,15)16/h4-6,17H,3,7-8H2,1-2H3. The van der Waals surface area contributed by atoms with Gasteiger partial charge in [0.1, 0.15) is 12.4 Å². The van der Waals surface area contributed by atoms with Crippen molar-refractivity contribution in [3.63, 3.8) is 0 Å². The van der Waals surface area contributed by atoms with Crippen molar-refractivity contribution in [2.75, 3.05) is 25.0 Å². The Labute approximate surface area is 104 Å². The molecule has 2 nitrogen and oxygen atoms in total. The van der Waals surface area contributed by atoms with Gasteiger partial charge in [-0.05, 0) is 30.3 Å².